The quantitative estimate of drug-likeness (QED) is 0.252. The van der Waals surface area contributed by atoms with Crippen molar-refractivity contribution in [1.82, 2.24) is 10.3 Å². The first-order chi connectivity index (χ1) is 18.1. The normalized spacial score (nSPS) is 10.6. The molecule has 0 spiro atoms. The van der Waals surface area contributed by atoms with E-state index in [-0.39, 0.29) is 30.3 Å². The lowest BCUT2D eigenvalue weighted by Crippen LogP contribution is -2.30. The van der Waals surface area contributed by atoms with Gasteiger partial charge in [0, 0.05) is 17.8 Å². The van der Waals surface area contributed by atoms with Gasteiger partial charge in [-0.15, -0.1) is 13.2 Å². The molecule has 0 unspecified atom stereocenters. The molecule has 4 amide bonds. The number of carbonyl (C=O) groups is 2. The van der Waals surface area contributed by atoms with Crippen LogP contribution in [0.2, 0.25) is 5.02 Å². The number of hydrogen-bond donors (Lipinski definition) is 4. The van der Waals surface area contributed by atoms with E-state index in [1.165, 1.54) is 42.6 Å². The Hall–Kier alpha value is -4.70. The number of aromatic nitrogens is 1. The van der Waals surface area contributed by atoms with E-state index in [4.69, 9.17) is 21.6 Å². The molecule has 1 heterocycles. The average molecular weight is 549 g/mol. The number of benzene rings is 2. The van der Waals surface area contributed by atoms with Gasteiger partial charge < -0.3 is 25.4 Å². The molecule has 0 aliphatic heterocycles. The van der Waals surface area contributed by atoms with Crippen molar-refractivity contribution in [3.63, 3.8) is 0 Å². The number of alkyl halides is 3. The third-order valence-electron chi connectivity index (χ3n) is 4.55. The van der Waals surface area contributed by atoms with Gasteiger partial charge in [0.1, 0.15) is 17.6 Å². The van der Waals surface area contributed by atoms with Crippen LogP contribution >= 0.6 is 11.6 Å². The van der Waals surface area contributed by atoms with Gasteiger partial charge in [-0.1, -0.05) is 23.7 Å². The molecule has 38 heavy (non-hydrogen) atoms. The Bertz CT molecular complexity index is 1320. The fraction of sp³-hybridized carbons (Fsp3) is 0.167. The largest absolute Gasteiger partial charge is 0.573 e. The number of nitriles is 1. The number of nitrogens with one attached hydrogen (secondary N) is 4. The standard InChI is InChI=1S/C24H20ClF3N6O4/c25-16-7-8-19(18(12-16)33-23(36)34-21-9-6-15(13-29)14-31-21)37-11-3-10-30-22(35)32-17-4-1-2-5-20(17)38-24(26,27)28/h1-2,4-9,12,14H,3,10-11H2,(H2,30,32,35)(H2,31,33,34,36). The van der Waals surface area contributed by atoms with E-state index in [1.807, 2.05) is 6.07 Å². The molecular weight excluding hydrogens is 529 g/mol. The molecule has 10 nitrogen and oxygen atoms in total. The first-order valence-electron chi connectivity index (χ1n) is 10.9. The molecule has 0 aliphatic carbocycles. The summed E-state index contributed by atoms with van der Waals surface area (Å²) in [6.45, 7) is 0.262. The predicted octanol–water partition coefficient (Wildman–Crippen LogP) is 5.74. The van der Waals surface area contributed by atoms with Crippen LogP contribution in [-0.4, -0.2) is 36.6 Å². The molecule has 0 radical (unpaired) electrons. The lowest BCUT2D eigenvalue weighted by atomic mass is 10.3. The summed E-state index contributed by atoms with van der Waals surface area (Å²) in [6.07, 6.45) is -3.26. The third kappa shape index (κ3) is 9.07. The summed E-state index contributed by atoms with van der Waals surface area (Å²) >= 11 is 6.03. The zero-order valence-corrected chi connectivity index (χ0v) is 20.2. The van der Waals surface area contributed by atoms with Gasteiger partial charge in [0.15, 0.2) is 5.75 Å². The highest BCUT2D eigenvalue weighted by Gasteiger charge is 2.32. The summed E-state index contributed by atoms with van der Waals surface area (Å²) in [4.78, 5) is 28.4. The Balaban J connectivity index is 1.47. The molecule has 3 rings (SSSR count). The second-order valence-electron chi connectivity index (χ2n) is 7.39. The molecule has 0 bridgehead atoms. The number of halogens is 4. The molecule has 14 heteroatoms. The zero-order chi connectivity index (χ0) is 27.5. The van der Waals surface area contributed by atoms with Crippen LogP contribution in [0.4, 0.5) is 40.0 Å². The number of anilines is 3. The smallest absolute Gasteiger partial charge is 0.491 e. The van der Waals surface area contributed by atoms with E-state index in [1.54, 1.807) is 12.1 Å². The van der Waals surface area contributed by atoms with Crippen LogP contribution in [0.25, 0.3) is 0 Å². The number of hydrogen-bond acceptors (Lipinski definition) is 6. The highest BCUT2D eigenvalue weighted by Crippen LogP contribution is 2.30. The van der Waals surface area contributed by atoms with Crippen LogP contribution in [0.15, 0.2) is 60.8 Å². The van der Waals surface area contributed by atoms with Crippen molar-refractivity contribution in [3.05, 3.63) is 71.4 Å². The summed E-state index contributed by atoms with van der Waals surface area (Å²) in [5, 5.41) is 19.1. The maximum Gasteiger partial charge on any atom is 0.573 e. The SMILES string of the molecule is N#Cc1ccc(NC(=O)Nc2cc(Cl)ccc2OCCCNC(=O)Nc2ccccc2OC(F)(F)F)nc1. The molecule has 4 N–H and O–H groups in total. The molecule has 0 atom stereocenters. The van der Waals surface area contributed by atoms with Gasteiger partial charge in [-0.25, -0.2) is 14.6 Å². The number of ether oxygens (including phenoxy) is 2. The zero-order valence-electron chi connectivity index (χ0n) is 19.4. The fourth-order valence-corrected chi connectivity index (χ4v) is 3.11. The highest BCUT2D eigenvalue weighted by atomic mass is 35.5. The van der Waals surface area contributed by atoms with Crippen molar-refractivity contribution in [1.29, 1.82) is 5.26 Å². The monoisotopic (exact) mass is 548 g/mol. The van der Waals surface area contributed by atoms with Crippen molar-refractivity contribution >= 4 is 40.9 Å². The Kier molecular flexibility index (Phi) is 9.55. The van der Waals surface area contributed by atoms with Crippen molar-refractivity contribution < 1.29 is 32.2 Å². The van der Waals surface area contributed by atoms with Gasteiger partial charge in [-0.3, -0.25) is 5.32 Å². The van der Waals surface area contributed by atoms with E-state index in [0.29, 0.717) is 22.8 Å². The molecule has 3 aromatic rings. The summed E-state index contributed by atoms with van der Waals surface area (Å²) in [5.41, 5.74) is 0.467. The maximum atomic E-state index is 12.5. The van der Waals surface area contributed by atoms with Crippen LogP contribution in [0, 0.1) is 11.3 Å². The van der Waals surface area contributed by atoms with Crippen molar-refractivity contribution in [3.8, 4) is 17.6 Å². The first-order valence-corrected chi connectivity index (χ1v) is 11.3. The third-order valence-corrected chi connectivity index (χ3v) is 4.78. The Morgan fingerprint density at radius 2 is 1.74 bits per heavy atom. The van der Waals surface area contributed by atoms with Gasteiger partial charge in [0.05, 0.1) is 23.5 Å². The molecular formula is C24H20ClF3N6O4. The van der Waals surface area contributed by atoms with Crippen molar-refractivity contribution in [2.45, 2.75) is 12.8 Å². The maximum absolute atomic E-state index is 12.5. The second kappa shape index (κ2) is 13.0. The van der Waals surface area contributed by atoms with Crippen LogP contribution in [0.1, 0.15) is 12.0 Å². The summed E-state index contributed by atoms with van der Waals surface area (Å²) in [7, 11) is 0. The van der Waals surface area contributed by atoms with Crippen LogP contribution < -0.4 is 30.7 Å². The van der Waals surface area contributed by atoms with Crippen LogP contribution in [-0.2, 0) is 0 Å². The number of rotatable bonds is 9. The number of carbonyl (C=O) groups excluding carboxylic acids is 2. The summed E-state index contributed by atoms with van der Waals surface area (Å²) in [6, 6.07) is 13.3. The number of urea groups is 2. The van der Waals surface area contributed by atoms with Crippen LogP contribution in [0.3, 0.4) is 0 Å². The highest BCUT2D eigenvalue weighted by molar-refractivity contribution is 6.31. The molecule has 1 aromatic heterocycles. The topological polar surface area (TPSA) is 137 Å². The fourth-order valence-electron chi connectivity index (χ4n) is 2.94. The van der Waals surface area contributed by atoms with E-state index in [2.05, 4.69) is 31.0 Å². The molecule has 0 saturated heterocycles. The Morgan fingerprint density at radius 1 is 0.974 bits per heavy atom. The molecule has 2 aromatic carbocycles. The van der Waals surface area contributed by atoms with Gasteiger partial charge >= 0.3 is 18.4 Å². The van der Waals surface area contributed by atoms with Crippen LogP contribution in [0.5, 0.6) is 11.5 Å². The average Bonchev–Trinajstić information content (AvgIpc) is 2.86. The molecule has 0 aliphatic rings. The van der Waals surface area contributed by atoms with Gasteiger partial charge in [0.25, 0.3) is 0 Å². The van der Waals surface area contributed by atoms with Gasteiger partial charge in [0.2, 0.25) is 0 Å². The first kappa shape index (κ1) is 27.9. The summed E-state index contributed by atoms with van der Waals surface area (Å²) in [5.74, 6) is -0.0109. The molecule has 0 saturated carbocycles. The van der Waals surface area contributed by atoms with E-state index in [0.717, 1.165) is 6.07 Å². The van der Waals surface area contributed by atoms with E-state index >= 15 is 0 Å². The van der Waals surface area contributed by atoms with Crippen molar-refractivity contribution in [2.75, 3.05) is 29.1 Å². The second-order valence-corrected chi connectivity index (χ2v) is 7.83. The molecule has 0 fully saturated rings. The number of amides is 4. The van der Waals surface area contributed by atoms with E-state index < -0.39 is 24.2 Å². The minimum Gasteiger partial charge on any atom is -0.491 e. The summed E-state index contributed by atoms with van der Waals surface area (Å²) < 4.78 is 47.1. The lowest BCUT2D eigenvalue weighted by molar-refractivity contribution is -0.274. The minimum atomic E-state index is -4.90. The number of pyridine rings is 1. The lowest BCUT2D eigenvalue weighted by Gasteiger charge is -2.15. The predicted molar refractivity (Wildman–Crippen MR) is 133 cm³/mol. The van der Waals surface area contributed by atoms with Gasteiger partial charge in [-0.05, 0) is 48.9 Å². The minimum absolute atomic E-state index is 0.128. The molecule has 198 valence electrons. The van der Waals surface area contributed by atoms with E-state index in [9.17, 15) is 22.8 Å². The number of nitrogens with zero attached hydrogens (tertiary/aromatic N) is 2. The van der Waals surface area contributed by atoms with Crippen molar-refractivity contribution in [2.24, 2.45) is 0 Å². The Morgan fingerprint density at radius 3 is 2.45 bits per heavy atom. The Labute approximate surface area is 219 Å². The number of para-hydroxylation sites is 2. The van der Waals surface area contributed by atoms with Gasteiger partial charge in [-0.2, -0.15) is 5.26 Å².